The molecule has 6 nitrogen and oxygen atoms in total. The van der Waals surface area contributed by atoms with Gasteiger partial charge in [-0.25, -0.2) is 4.98 Å². The van der Waals surface area contributed by atoms with Crippen molar-refractivity contribution in [1.29, 1.82) is 0 Å². The third kappa shape index (κ3) is 2.91. The van der Waals surface area contributed by atoms with Gasteiger partial charge >= 0.3 is 0 Å². The molecule has 1 saturated heterocycles. The van der Waals surface area contributed by atoms with Crippen LogP contribution < -0.4 is 4.74 Å². The lowest BCUT2D eigenvalue weighted by atomic mass is 10.1. The van der Waals surface area contributed by atoms with E-state index in [1.54, 1.807) is 24.1 Å². The van der Waals surface area contributed by atoms with Gasteiger partial charge in [-0.3, -0.25) is 4.79 Å². The van der Waals surface area contributed by atoms with Crippen LogP contribution in [0.4, 0.5) is 0 Å². The molecule has 110 valence electrons. The number of hydrogen-bond donors (Lipinski definition) is 1. The van der Waals surface area contributed by atoms with E-state index in [2.05, 4.69) is 4.98 Å². The summed E-state index contributed by atoms with van der Waals surface area (Å²) in [5.74, 6) is 0.281. The van der Waals surface area contributed by atoms with Crippen LogP contribution in [-0.2, 0) is 4.74 Å². The van der Waals surface area contributed by atoms with Crippen LogP contribution >= 0.6 is 0 Å². The molecule has 0 saturated carbocycles. The van der Waals surface area contributed by atoms with E-state index >= 15 is 0 Å². The maximum absolute atomic E-state index is 12.6. The Labute approximate surface area is 118 Å². The number of carbonyl (C=O) groups is 1. The number of aryl methyl sites for hydroxylation is 1. The maximum atomic E-state index is 12.6. The average molecular weight is 280 g/mol. The molecular weight excluding hydrogens is 260 g/mol. The molecule has 0 spiro atoms. The van der Waals surface area contributed by atoms with Crippen molar-refractivity contribution in [1.82, 2.24) is 9.88 Å². The highest BCUT2D eigenvalue weighted by atomic mass is 16.5. The quantitative estimate of drug-likeness (QED) is 0.875. The number of hydrogen-bond acceptors (Lipinski definition) is 5. The van der Waals surface area contributed by atoms with E-state index < -0.39 is 0 Å². The van der Waals surface area contributed by atoms with Crippen LogP contribution in [0, 0.1) is 6.92 Å². The van der Waals surface area contributed by atoms with Crippen molar-refractivity contribution in [2.75, 3.05) is 27.4 Å². The van der Waals surface area contributed by atoms with E-state index in [9.17, 15) is 9.90 Å². The molecular formula is C14H20N2O4. The minimum atomic E-state index is -0.202. The Hall–Kier alpha value is -1.66. The molecule has 20 heavy (non-hydrogen) atoms. The van der Waals surface area contributed by atoms with E-state index in [-0.39, 0.29) is 24.7 Å². The number of nitrogens with zero attached hydrogens (tertiary/aromatic N) is 2. The Bertz CT molecular complexity index is 492. The van der Waals surface area contributed by atoms with Crippen molar-refractivity contribution in [2.24, 2.45) is 0 Å². The number of pyridine rings is 1. The summed E-state index contributed by atoms with van der Waals surface area (Å²) < 4.78 is 10.4. The van der Waals surface area contributed by atoms with Crippen LogP contribution in [0.25, 0.3) is 0 Å². The minimum absolute atomic E-state index is 0.0269. The summed E-state index contributed by atoms with van der Waals surface area (Å²) in [5, 5.41) is 9.41. The number of likely N-dealkylation sites (tertiary alicyclic amines) is 1. The van der Waals surface area contributed by atoms with Gasteiger partial charge in [-0.2, -0.15) is 0 Å². The second kappa shape index (κ2) is 6.19. The van der Waals surface area contributed by atoms with Crippen LogP contribution in [0.2, 0.25) is 0 Å². The summed E-state index contributed by atoms with van der Waals surface area (Å²) in [6.07, 6.45) is 0.626. The molecule has 1 aromatic heterocycles. The first kappa shape index (κ1) is 14.7. The van der Waals surface area contributed by atoms with E-state index in [0.29, 0.717) is 24.4 Å². The number of ether oxygens (including phenoxy) is 2. The number of rotatable bonds is 4. The summed E-state index contributed by atoms with van der Waals surface area (Å²) in [5.41, 5.74) is 1.24. The number of carbonyl (C=O) groups excluding carboxylic acids is 1. The normalized spacial score (nSPS) is 22.1. The van der Waals surface area contributed by atoms with Gasteiger partial charge in [0.15, 0.2) is 0 Å². The largest absolute Gasteiger partial charge is 0.481 e. The Morgan fingerprint density at radius 2 is 2.25 bits per heavy atom. The van der Waals surface area contributed by atoms with Gasteiger partial charge in [0.2, 0.25) is 5.88 Å². The molecule has 0 unspecified atom stereocenters. The fourth-order valence-corrected chi connectivity index (χ4v) is 2.50. The molecule has 0 radical (unpaired) electrons. The summed E-state index contributed by atoms with van der Waals surface area (Å²) >= 11 is 0. The van der Waals surface area contributed by atoms with Crippen LogP contribution in [0.15, 0.2) is 12.1 Å². The highest BCUT2D eigenvalue weighted by Gasteiger charge is 2.35. The zero-order chi connectivity index (χ0) is 14.7. The maximum Gasteiger partial charge on any atom is 0.254 e. The highest BCUT2D eigenvalue weighted by Crippen LogP contribution is 2.23. The van der Waals surface area contributed by atoms with E-state index in [4.69, 9.17) is 9.47 Å². The number of aliphatic hydroxyl groups excluding tert-OH is 1. The molecule has 0 aromatic carbocycles. The smallest absolute Gasteiger partial charge is 0.254 e. The molecule has 2 heterocycles. The first-order valence-corrected chi connectivity index (χ1v) is 6.56. The molecule has 1 aromatic rings. The lowest BCUT2D eigenvalue weighted by Gasteiger charge is -2.23. The molecule has 2 atom stereocenters. The second-order valence-corrected chi connectivity index (χ2v) is 4.93. The Kier molecular flexibility index (Phi) is 4.57. The number of aliphatic hydroxyl groups is 1. The van der Waals surface area contributed by atoms with E-state index in [1.807, 2.05) is 6.92 Å². The van der Waals surface area contributed by atoms with Crippen molar-refractivity contribution in [2.45, 2.75) is 25.5 Å². The number of amides is 1. The molecule has 2 rings (SSSR count). The fourth-order valence-electron chi connectivity index (χ4n) is 2.50. The first-order valence-electron chi connectivity index (χ1n) is 6.56. The fraction of sp³-hybridized carbons (Fsp3) is 0.571. The molecule has 0 aliphatic carbocycles. The standard InChI is InChI=1S/C14H20N2O4/c1-9-4-10(5-13(15-9)20-3)14(18)16-7-12(19-2)6-11(16)8-17/h4-5,11-12,17H,6-8H2,1-3H3/t11-,12+/m0/s1. The molecule has 0 bridgehead atoms. The molecule has 1 N–H and O–H groups in total. The van der Waals surface area contributed by atoms with Crippen molar-refractivity contribution in [3.63, 3.8) is 0 Å². The van der Waals surface area contributed by atoms with Gasteiger partial charge in [-0.05, 0) is 19.4 Å². The molecule has 1 aliphatic rings. The number of aromatic nitrogens is 1. The third-order valence-corrected chi connectivity index (χ3v) is 3.57. The van der Waals surface area contributed by atoms with Crippen molar-refractivity contribution in [3.8, 4) is 5.88 Å². The molecule has 1 aliphatic heterocycles. The SMILES string of the molecule is COc1cc(C(=O)N2C[C@H](OC)C[C@H]2CO)cc(C)n1. The lowest BCUT2D eigenvalue weighted by molar-refractivity contribution is 0.0647. The van der Waals surface area contributed by atoms with Crippen LogP contribution in [0.1, 0.15) is 22.5 Å². The Morgan fingerprint density at radius 3 is 2.85 bits per heavy atom. The average Bonchev–Trinajstić information content (AvgIpc) is 2.89. The van der Waals surface area contributed by atoms with Gasteiger partial charge in [0.05, 0.1) is 25.9 Å². The van der Waals surface area contributed by atoms with Gasteiger partial charge < -0.3 is 19.5 Å². The topological polar surface area (TPSA) is 71.9 Å². The van der Waals surface area contributed by atoms with Gasteiger partial charge in [0.25, 0.3) is 5.91 Å². The van der Waals surface area contributed by atoms with Gasteiger partial charge in [-0.1, -0.05) is 0 Å². The zero-order valence-corrected chi connectivity index (χ0v) is 12.0. The van der Waals surface area contributed by atoms with Crippen LogP contribution in [-0.4, -0.2) is 60.4 Å². The predicted octanol–water partition coefficient (Wildman–Crippen LogP) is 0.620. The first-order chi connectivity index (χ1) is 9.58. The lowest BCUT2D eigenvalue weighted by Crippen LogP contribution is -2.38. The van der Waals surface area contributed by atoms with E-state index in [0.717, 1.165) is 5.69 Å². The zero-order valence-electron chi connectivity index (χ0n) is 12.0. The second-order valence-electron chi connectivity index (χ2n) is 4.93. The van der Waals surface area contributed by atoms with Crippen molar-refractivity contribution >= 4 is 5.91 Å². The van der Waals surface area contributed by atoms with Crippen LogP contribution in [0.5, 0.6) is 5.88 Å². The minimum Gasteiger partial charge on any atom is -0.481 e. The summed E-state index contributed by atoms with van der Waals surface area (Å²) in [7, 11) is 3.13. The highest BCUT2D eigenvalue weighted by molar-refractivity contribution is 5.95. The van der Waals surface area contributed by atoms with Crippen LogP contribution in [0.3, 0.4) is 0 Å². The molecule has 1 fully saturated rings. The van der Waals surface area contributed by atoms with Crippen molar-refractivity contribution in [3.05, 3.63) is 23.4 Å². The number of methoxy groups -OCH3 is 2. The van der Waals surface area contributed by atoms with E-state index in [1.165, 1.54) is 7.11 Å². The molecule has 1 amide bonds. The monoisotopic (exact) mass is 280 g/mol. The Balaban J connectivity index is 2.24. The van der Waals surface area contributed by atoms with Gasteiger partial charge in [-0.15, -0.1) is 0 Å². The summed E-state index contributed by atoms with van der Waals surface area (Å²) in [4.78, 5) is 18.4. The van der Waals surface area contributed by atoms with Gasteiger partial charge in [0, 0.05) is 31.0 Å². The van der Waals surface area contributed by atoms with Crippen molar-refractivity contribution < 1.29 is 19.4 Å². The Morgan fingerprint density at radius 1 is 1.50 bits per heavy atom. The predicted molar refractivity (Wildman–Crippen MR) is 72.9 cm³/mol. The summed E-state index contributed by atoms with van der Waals surface area (Å²) in [6.45, 7) is 2.24. The summed E-state index contributed by atoms with van der Waals surface area (Å²) in [6, 6.07) is 3.13. The molecule has 6 heteroatoms. The van der Waals surface area contributed by atoms with Gasteiger partial charge in [0.1, 0.15) is 0 Å². The third-order valence-electron chi connectivity index (χ3n) is 3.57.